The van der Waals surface area contributed by atoms with Crippen molar-refractivity contribution in [3.8, 4) is 0 Å². The molecule has 2 nitrogen and oxygen atoms in total. The van der Waals surface area contributed by atoms with Crippen molar-refractivity contribution in [1.29, 1.82) is 0 Å². The summed E-state index contributed by atoms with van der Waals surface area (Å²) in [5.74, 6) is 0. The van der Waals surface area contributed by atoms with Crippen LogP contribution in [0.2, 0.25) is 0 Å². The van der Waals surface area contributed by atoms with E-state index in [2.05, 4.69) is 28.4 Å². The smallest absolute Gasteiger partial charge is 0.0375 e. The molecule has 1 fully saturated rings. The van der Waals surface area contributed by atoms with Gasteiger partial charge in [0.05, 0.1) is 0 Å². The summed E-state index contributed by atoms with van der Waals surface area (Å²) in [4.78, 5) is 2.65. The molecule has 1 saturated heterocycles. The first-order valence-corrected chi connectivity index (χ1v) is 7.50. The Labute approximate surface area is 110 Å². The average molecular weight is 244 g/mol. The van der Waals surface area contributed by atoms with Gasteiger partial charge < -0.3 is 5.32 Å². The van der Waals surface area contributed by atoms with Gasteiger partial charge in [-0.1, -0.05) is 25.0 Å². The maximum Gasteiger partial charge on any atom is 0.0375 e. The lowest BCUT2D eigenvalue weighted by Gasteiger charge is -2.25. The number of benzene rings is 1. The predicted molar refractivity (Wildman–Crippen MR) is 77.0 cm³/mol. The predicted octanol–water partition coefficient (Wildman–Crippen LogP) is 3.42. The van der Waals surface area contributed by atoms with Gasteiger partial charge in [0.15, 0.2) is 0 Å². The first-order chi connectivity index (χ1) is 8.93. The molecule has 0 aliphatic carbocycles. The van der Waals surface area contributed by atoms with E-state index in [1.54, 1.807) is 11.1 Å². The molecular formula is C16H24N2. The van der Waals surface area contributed by atoms with Crippen LogP contribution < -0.4 is 5.32 Å². The highest BCUT2D eigenvalue weighted by atomic mass is 15.1. The first-order valence-electron chi connectivity index (χ1n) is 7.50. The normalized spacial score (nSPS) is 20.9. The second-order valence-corrected chi connectivity index (χ2v) is 5.66. The molecule has 0 amide bonds. The van der Waals surface area contributed by atoms with Crippen LogP contribution in [0.15, 0.2) is 18.2 Å². The number of fused-ring (bicyclic) bond motifs is 1. The van der Waals surface area contributed by atoms with Gasteiger partial charge in [0.1, 0.15) is 0 Å². The summed E-state index contributed by atoms with van der Waals surface area (Å²) in [6.45, 7) is 4.87. The van der Waals surface area contributed by atoms with E-state index < -0.39 is 0 Å². The zero-order valence-electron chi connectivity index (χ0n) is 11.3. The lowest BCUT2D eigenvalue weighted by molar-refractivity contribution is 0.276. The second-order valence-electron chi connectivity index (χ2n) is 5.66. The van der Waals surface area contributed by atoms with Gasteiger partial charge in [0.2, 0.25) is 0 Å². The minimum Gasteiger partial charge on any atom is -0.385 e. The summed E-state index contributed by atoms with van der Waals surface area (Å²) >= 11 is 0. The topological polar surface area (TPSA) is 15.3 Å². The van der Waals surface area contributed by atoms with Crippen LogP contribution in [0, 0.1) is 0 Å². The Morgan fingerprint density at radius 3 is 2.67 bits per heavy atom. The molecule has 0 atom stereocenters. The monoisotopic (exact) mass is 244 g/mol. The van der Waals surface area contributed by atoms with Crippen molar-refractivity contribution in [2.75, 3.05) is 25.0 Å². The van der Waals surface area contributed by atoms with Crippen LogP contribution in [0.4, 0.5) is 5.69 Å². The largest absolute Gasteiger partial charge is 0.385 e. The molecule has 1 aromatic carbocycles. The fourth-order valence-corrected chi connectivity index (χ4v) is 3.27. The molecule has 0 unspecified atom stereocenters. The molecule has 2 heteroatoms. The van der Waals surface area contributed by atoms with Crippen molar-refractivity contribution in [2.45, 2.75) is 45.1 Å². The Bertz CT molecular complexity index is 392. The lowest BCUT2D eigenvalue weighted by Crippen LogP contribution is -2.25. The summed E-state index contributed by atoms with van der Waals surface area (Å²) in [7, 11) is 0. The summed E-state index contributed by atoms with van der Waals surface area (Å²) in [5.41, 5.74) is 4.52. The third kappa shape index (κ3) is 2.69. The van der Waals surface area contributed by atoms with Gasteiger partial charge >= 0.3 is 0 Å². The summed E-state index contributed by atoms with van der Waals surface area (Å²) < 4.78 is 0. The van der Waals surface area contributed by atoms with Crippen molar-refractivity contribution in [1.82, 2.24) is 4.90 Å². The van der Waals surface area contributed by atoms with Crippen LogP contribution in [0.5, 0.6) is 0 Å². The van der Waals surface area contributed by atoms with E-state index >= 15 is 0 Å². The molecule has 0 aromatic heterocycles. The lowest BCUT2D eigenvalue weighted by atomic mass is 9.97. The third-order valence-electron chi connectivity index (χ3n) is 4.28. The molecule has 0 saturated carbocycles. The van der Waals surface area contributed by atoms with Crippen LogP contribution in [0.25, 0.3) is 0 Å². The van der Waals surface area contributed by atoms with Crippen molar-refractivity contribution in [2.24, 2.45) is 0 Å². The number of hydrogen-bond donors (Lipinski definition) is 1. The highest BCUT2D eigenvalue weighted by Gasteiger charge is 2.15. The number of nitrogens with zero attached hydrogens (tertiary/aromatic N) is 1. The van der Waals surface area contributed by atoms with Gasteiger partial charge in [-0.05, 0) is 56.0 Å². The summed E-state index contributed by atoms with van der Waals surface area (Å²) in [6, 6.07) is 6.78. The third-order valence-corrected chi connectivity index (χ3v) is 4.28. The van der Waals surface area contributed by atoms with E-state index in [9.17, 15) is 0 Å². The Morgan fingerprint density at radius 2 is 1.83 bits per heavy atom. The molecule has 2 aliphatic rings. The van der Waals surface area contributed by atoms with Gasteiger partial charge in [0, 0.05) is 18.8 Å². The number of likely N-dealkylation sites (tertiary alicyclic amines) is 1. The molecule has 2 heterocycles. The molecule has 1 aromatic rings. The average Bonchev–Trinajstić information content (AvgIpc) is 2.68. The maximum atomic E-state index is 3.53. The van der Waals surface area contributed by atoms with Gasteiger partial charge in [0.25, 0.3) is 0 Å². The molecule has 98 valence electrons. The van der Waals surface area contributed by atoms with Crippen LogP contribution >= 0.6 is 0 Å². The fourth-order valence-electron chi connectivity index (χ4n) is 3.27. The summed E-state index contributed by atoms with van der Waals surface area (Å²) in [6.07, 6.45) is 8.15. The van der Waals surface area contributed by atoms with Crippen LogP contribution in [-0.4, -0.2) is 24.5 Å². The fraction of sp³-hybridized carbons (Fsp3) is 0.625. The molecule has 0 spiro atoms. The van der Waals surface area contributed by atoms with Gasteiger partial charge in [-0.15, -0.1) is 0 Å². The van der Waals surface area contributed by atoms with Crippen LogP contribution in [-0.2, 0) is 13.0 Å². The van der Waals surface area contributed by atoms with Gasteiger partial charge in [-0.3, -0.25) is 4.90 Å². The van der Waals surface area contributed by atoms with E-state index in [1.807, 2.05) is 0 Å². The highest BCUT2D eigenvalue weighted by molar-refractivity contribution is 5.56. The number of rotatable bonds is 2. The molecule has 3 rings (SSSR count). The molecule has 2 aliphatic heterocycles. The Balaban J connectivity index is 1.75. The second kappa shape index (κ2) is 5.75. The number of hydrogen-bond acceptors (Lipinski definition) is 2. The first kappa shape index (κ1) is 12.0. The van der Waals surface area contributed by atoms with Gasteiger partial charge in [-0.2, -0.15) is 0 Å². The van der Waals surface area contributed by atoms with Crippen molar-refractivity contribution in [3.05, 3.63) is 29.3 Å². The molecule has 0 bridgehead atoms. The number of anilines is 1. The molecule has 0 radical (unpaired) electrons. The Hall–Kier alpha value is -1.02. The quantitative estimate of drug-likeness (QED) is 0.857. The Kier molecular flexibility index (Phi) is 3.84. The minimum absolute atomic E-state index is 1.14. The van der Waals surface area contributed by atoms with Crippen LogP contribution in [0.1, 0.15) is 43.2 Å². The minimum atomic E-state index is 1.14. The standard InChI is InChI=1S/C16H24N2/c1-2-4-12-18(11-3-1)13-14-7-5-9-16-15(14)8-6-10-17-16/h5,7,9,17H,1-4,6,8,10-13H2. The summed E-state index contributed by atoms with van der Waals surface area (Å²) in [5, 5.41) is 3.53. The maximum absolute atomic E-state index is 3.53. The SMILES string of the molecule is c1cc(CN2CCCCCC2)c2c(c1)NCCC2. The molecular weight excluding hydrogens is 220 g/mol. The van der Waals surface area contributed by atoms with E-state index in [4.69, 9.17) is 0 Å². The molecule has 18 heavy (non-hydrogen) atoms. The van der Waals surface area contributed by atoms with Crippen molar-refractivity contribution in [3.63, 3.8) is 0 Å². The number of nitrogens with one attached hydrogen (secondary N) is 1. The van der Waals surface area contributed by atoms with Gasteiger partial charge in [-0.25, -0.2) is 0 Å². The molecule has 1 N–H and O–H groups in total. The zero-order valence-corrected chi connectivity index (χ0v) is 11.3. The highest BCUT2D eigenvalue weighted by Crippen LogP contribution is 2.26. The Morgan fingerprint density at radius 1 is 1.00 bits per heavy atom. The van der Waals surface area contributed by atoms with E-state index in [0.29, 0.717) is 0 Å². The van der Waals surface area contributed by atoms with Crippen LogP contribution in [0.3, 0.4) is 0 Å². The van der Waals surface area contributed by atoms with E-state index in [0.717, 1.165) is 13.1 Å². The van der Waals surface area contributed by atoms with Crippen molar-refractivity contribution >= 4 is 5.69 Å². The van der Waals surface area contributed by atoms with Crippen molar-refractivity contribution < 1.29 is 0 Å². The zero-order chi connectivity index (χ0) is 12.2. The van der Waals surface area contributed by atoms with E-state index in [-0.39, 0.29) is 0 Å². The van der Waals surface area contributed by atoms with E-state index in [1.165, 1.54) is 57.3 Å².